The SMILES string of the molecule is COc1ccc(CCNC(=O)C(C#N)=CC2=Cc3ccccc3OC2C)cc1OC. The van der Waals surface area contributed by atoms with E-state index >= 15 is 0 Å². The first-order chi connectivity index (χ1) is 14.5. The minimum absolute atomic E-state index is 0.0448. The van der Waals surface area contributed by atoms with Crippen molar-refractivity contribution in [1.29, 1.82) is 5.26 Å². The van der Waals surface area contributed by atoms with Gasteiger partial charge >= 0.3 is 0 Å². The molecular formula is C24H24N2O4. The first-order valence-corrected chi connectivity index (χ1v) is 9.64. The maximum atomic E-state index is 12.5. The molecule has 0 fully saturated rings. The molecule has 0 spiro atoms. The molecule has 1 aliphatic heterocycles. The second kappa shape index (κ2) is 9.66. The summed E-state index contributed by atoms with van der Waals surface area (Å²) in [5, 5.41) is 12.3. The number of rotatable bonds is 7. The number of nitrogens with one attached hydrogen (secondary N) is 1. The standard InChI is InChI=1S/C24H24N2O4/c1-16-19(13-18-6-4-5-7-21(18)30-16)14-20(15-25)24(27)26-11-10-17-8-9-22(28-2)23(12-17)29-3/h4-9,12-14,16H,10-11H2,1-3H3,(H,26,27). The summed E-state index contributed by atoms with van der Waals surface area (Å²) in [7, 11) is 3.16. The highest BCUT2D eigenvalue weighted by molar-refractivity contribution is 5.98. The van der Waals surface area contributed by atoms with Gasteiger partial charge in [0.15, 0.2) is 11.5 Å². The molecular weight excluding hydrogens is 380 g/mol. The summed E-state index contributed by atoms with van der Waals surface area (Å²) in [6.07, 6.45) is 3.88. The average molecular weight is 404 g/mol. The number of carbonyl (C=O) groups is 1. The number of para-hydroxylation sites is 1. The van der Waals surface area contributed by atoms with Crippen molar-refractivity contribution in [3.63, 3.8) is 0 Å². The Balaban J connectivity index is 1.66. The maximum absolute atomic E-state index is 12.5. The van der Waals surface area contributed by atoms with Crippen LogP contribution in [0.15, 0.2) is 59.7 Å². The van der Waals surface area contributed by atoms with Crippen molar-refractivity contribution in [3.05, 3.63) is 70.8 Å². The number of nitriles is 1. The third kappa shape index (κ3) is 4.81. The number of methoxy groups -OCH3 is 2. The van der Waals surface area contributed by atoms with Crippen LogP contribution in [0.3, 0.4) is 0 Å². The van der Waals surface area contributed by atoms with Crippen molar-refractivity contribution >= 4 is 12.0 Å². The average Bonchev–Trinajstić information content (AvgIpc) is 2.77. The summed E-state index contributed by atoms with van der Waals surface area (Å²) in [6, 6.07) is 15.3. The topological polar surface area (TPSA) is 80.6 Å². The van der Waals surface area contributed by atoms with E-state index in [0.29, 0.717) is 24.5 Å². The molecule has 0 radical (unpaired) electrons. The molecule has 30 heavy (non-hydrogen) atoms. The smallest absolute Gasteiger partial charge is 0.261 e. The molecule has 0 saturated heterocycles. The van der Waals surface area contributed by atoms with Gasteiger partial charge in [-0.2, -0.15) is 5.26 Å². The van der Waals surface area contributed by atoms with Gasteiger partial charge < -0.3 is 19.5 Å². The van der Waals surface area contributed by atoms with Gasteiger partial charge in [-0.3, -0.25) is 4.79 Å². The Morgan fingerprint density at radius 1 is 1.20 bits per heavy atom. The van der Waals surface area contributed by atoms with E-state index in [-0.39, 0.29) is 11.7 Å². The van der Waals surface area contributed by atoms with Crippen LogP contribution in [0.1, 0.15) is 18.1 Å². The monoisotopic (exact) mass is 404 g/mol. The van der Waals surface area contributed by atoms with Crippen LogP contribution in [0.4, 0.5) is 0 Å². The van der Waals surface area contributed by atoms with E-state index in [1.165, 1.54) is 0 Å². The van der Waals surface area contributed by atoms with Gasteiger partial charge in [-0.1, -0.05) is 24.3 Å². The van der Waals surface area contributed by atoms with Gasteiger partial charge in [0, 0.05) is 12.1 Å². The molecule has 0 bridgehead atoms. The lowest BCUT2D eigenvalue weighted by molar-refractivity contribution is -0.117. The summed E-state index contributed by atoms with van der Waals surface area (Å²) >= 11 is 0. The third-order valence-corrected chi connectivity index (χ3v) is 4.84. The Morgan fingerprint density at radius 3 is 2.70 bits per heavy atom. The van der Waals surface area contributed by atoms with Gasteiger partial charge in [0.2, 0.25) is 0 Å². The summed E-state index contributed by atoms with van der Waals surface area (Å²) in [6.45, 7) is 2.28. The second-order valence-corrected chi connectivity index (χ2v) is 6.81. The highest BCUT2D eigenvalue weighted by atomic mass is 16.5. The zero-order chi connectivity index (χ0) is 21.5. The minimum atomic E-state index is -0.412. The van der Waals surface area contributed by atoms with Crippen LogP contribution in [-0.4, -0.2) is 32.8 Å². The van der Waals surface area contributed by atoms with Crippen molar-refractivity contribution in [2.75, 3.05) is 20.8 Å². The van der Waals surface area contributed by atoms with Crippen LogP contribution < -0.4 is 19.5 Å². The van der Waals surface area contributed by atoms with Crippen LogP contribution in [0.2, 0.25) is 0 Å². The van der Waals surface area contributed by atoms with Crippen molar-refractivity contribution in [1.82, 2.24) is 5.32 Å². The summed E-state index contributed by atoms with van der Waals surface area (Å²) in [5.41, 5.74) is 2.74. The first-order valence-electron chi connectivity index (χ1n) is 9.64. The molecule has 6 heteroatoms. The lowest BCUT2D eigenvalue weighted by Crippen LogP contribution is -2.27. The Bertz CT molecular complexity index is 1030. The molecule has 2 aromatic carbocycles. The first kappa shape index (κ1) is 21.0. The van der Waals surface area contributed by atoms with Gasteiger partial charge in [-0.05, 0) is 54.8 Å². The quantitative estimate of drug-likeness (QED) is 0.562. The predicted molar refractivity (Wildman–Crippen MR) is 114 cm³/mol. The van der Waals surface area contributed by atoms with Crippen LogP contribution in [0, 0.1) is 11.3 Å². The zero-order valence-electron chi connectivity index (χ0n) is 17.3. The number of amides is 1. The van der Waals surface area contributed by atoms with Crippen molar-refractivity contribution in [2.24, 2.45) is 0 Å². The molecule has 0 aliphatic carbocycles. The van der Waals surface area contributed by atoms with Gasteiger partial charge in [-0.15, -0.1) is 0 Å². The van der Waals surface area contributed by atoms with Crippen LogP contribution in [0.25, 0.3) is 6.08 Å². The predicted octanol–water partition coefficient (Wildman–Crippen LogP) is 3.68. The van der Waals surface area contributed by atoms with E-state index in [2.05, 4.69) is 5.32 Å². The maximum Gasteiger partial charge on any atom is 0.261 e. The van der Waals surface area contributed by atoms with Gasteiger partial charge in [-0.25, -0.2) is 0 Å². The summed E-state index contributed by atoms with van der Waals surface area (Å²) in [5.74, 6) is 1.67. The lowest BCUT2D eigenvalue weighted by Gasteiger charge is -2.23. The fourth-order valence-electron chi connectivity index (χ4n) is 3.19. The number of ether oxygens (including phenoxy) is 3. The molecule has 2 aromatic rings. The van der Waals surface area contributed by atoms with Crippen LogP contribution in [0.5, 0.6) is 17.2 Å². The summed E-state index contributed by atoms with van der Waals surface area (Å²) < 4.78 is 16.4. The van der Waals surface area contributed by atoms with Gasteiger partial charge in [0.25, 0.3) is 5.91 Å². The van der Waals surface area contributed by atoms with E-state index in [4.69, 9.17) is 14.2 Å². The molecule has 1 amide bonds. The fraction of sp³-hybridized carbons (Fsp3) is 0.250. The van der Waals surface area contributed by atoms with Crippen LogP contribution in [-0.2, 0) is 11.2 Å². The van der Waals surface area contributed by atoms with E-state index in [9.17, 15) is 10.1 Å². The molecule has 1 aliphatic rings. The van der Waals surface area contributed by atoms with E-state index < -0.39 is 5.91 Å². The number of benzene rings is 2. The number of nitrogens with zero attached hydrogens (tertiary/aromatic N) is 1. The molecule has 6 nitrogen and oxygen atoms in total. The number of fused-ring (bicyclic) bond motifs is 1. The minimum Gasteiger partial charge on any atom is -0.493 e. The second-order valence-electron chi connectivity index (χ2n) is 6.81. The molecule has 1 unspecified atom stereocenters. The normalized spacial score (nSPS) is 15.2. The zero-order valence-corrected chi connectivity index (χ0v) is 17.3. The molecule has 3 rings (SSSR count). The Hall–Kier alpha value is -3.72. The Labute approximate surface area is 176 Å². The lowest BCUT2D eigenvalue weighted by atomic mass is 10.0. The largest absolute Gasteiger partial charge is 0.493 e. The number of hydrogen-bond acceptors (Lipinski definition) is 5. The fourth-order valence-corrected chi connectivity index (χ4v) is 3.19. The molecule has 0 saturated carbocycles. The molecule has 1 atom stereocenters. The van der Waals surface area contributed by atoms with Gasteiger partial charge in [0.1, 0.15) is 23.5 Å². The third-order valence-electron chi connectivity index (χ3n) is 4.84. The van der Waals surface area contributed by atoms with E-state index in [1.54, 1.807) is 20.3 Å². The van der Waals surface area contributed by atoms with E-state index in [1.807, 2.05) is 61.5 Å². The highest BCUT2D eigenvalue weighted by Gasteiger charge is 2.19. The Morgan fingerprint density at radius 2 is 1.97 bits per heavy atom. The number of carbonyl (C=O) groups excluding carboxylic acids is 1. The molecule has 1 heterocycles. The Kier molecular flexibility index (Phi) is 6.76. The molecule has 0 aromatic heterocycles. The van der Waals surface area contributed by atoms with Crippen molar-refractivity contribution < 1.29 is 19.0 Å². The summed E-state index contributed by atoms with van der Waals surface area (Å²) in [4.78, 5) is 12.5. The molecule has 1 N–H and O–H groups in total. The molecule has 154 valence electrons. The van der Waals surface area contributed by atoms with Crippen molar-refractivity contribution in [3.8, 4) is 23.3 Å². The van der Waals surface area contributed by atoms with Crippen molar-refractivity contribution in [2.45, 2.75) is 19.4 Å². The number of hydrogen-bond donors (Lipinski definition) is 1. The van der Waals surface area contributed by atoms with E-state index in [0.717, 1.165) is 22.4 Å². The van der Waals surface area contributed by atoms with Gasteiger partial charge in [0.05, 0.1) is 14.2 Å². The van der Waals surface area contributed by atoms with Crippen LogP contribution >= 0.6 is 0 Å². The highest BCUT2D eigenvalue weighted by Crippen LogP contribution is 2.30.